The number of rotatable bonds is 9. The number of morpholine rings is 1. The van der Waals surface area contributed by atoms with E-state index in [-0.39, 0.29) is 24.9 Å². The van der Waals surface area contributed by atoms with Crippen LogP contribution in [0.5, 0.6) is 11.5 Å². The molecule has 0 N–H and O–H groups in total. The maximum absolute atomic E-state index is 13.2. The molecule has 7 nitrogen and oxygen atoms in total. The van der Waals surface area contributed by atoms with Gasteiger partial charge >= 0.3 is 0 Å². The molecular formula is C24H30ClN3O4S. The van der Waals surface area contributed by atoms with E-state index in [4.69, 9.17) is 19.2 Å². The van der Waals surface area contributed by atoms with Crippen molar-refractivity contribution in [2.45, 2.75) is 13.3 Å². The van der Waals surface area contributed by atoms with Gasteiger partial charge in [-0.2, -0.15) is 0 Å². The molecule has 2 heterocycles. The number of halogens is 1. The number of hydrogen-bond acceptors (Lipinski definition) is 7. The van der Waals surface area contributed by atoms with Crippen LogP contribution in [-0.2, 0) is 9.53 Å². The lowest BCUT2D eigenvalue weighted by Gasteiger charge is -2.27. The van der Waals surface area contributed by atoms with E-state index in [1.807, 2.05) is 24.3 Å². The second-order valence-corrected chi connectivity index (χ2v) is 8.79. The number of thiazole rings is 1. The third-order valence-corrected chi connectivity index (χ3v) is 6.49. The van der Waals surface area contributed by atoms with Gasteiger partial charge in [0.2, 0.25) is 0 Å². The van der Waals surface area contributed by atoms with Crippen LogP contribution in [-0.4, -0.2) is 68.9 Å². The third-order valence-electron chi connectivity index (χ3n) is 5.45. The Labute approximate surface area is 204 Å². The number of methoxy groups -OCH3 is 1. The Morgan fingerprint density at radius 1 is 1.15 bits per heavy atom. The van der Waals surface area contributed by atoms with E-state index in [0.29, 0.717) is 12.3 Å². The van der Waals surface area contributed by atoms with Gasteiger partial charge in [-0.3, -0.25) is 14.6 Å². The predicted molar refractivity (Wildman–Crippen MR) is 134 cm³/mol. The minimum absolute atomic E-state index is 0. The number of benzene rings is 2. The number of carbonyl (C=O) groups excluding carboxylic acids is 1. The summed E-state index contributed by atoms with van der Waals surface area (Å²) >= 11 is 1.55. The van der Waals surface area contributed by atoms with Crippen molar-refractivity contribution in [3.05, 3.63) is 48.0 Å². The maximum Gasteiger partial charge on any atom is 0.266 e. The number of fused-ring (bicyclic) bond motifs is 1. The standard InChI is InChI=1S/C24H29N3O4S.ClH/c1-18-4-9-21-22(16-18)32-24(25-21)27(11-3-10-26-12-14-30-15-13-26)23(28)17-31-20-7-5-19(29-2)6-8-20;/h4-9,16H,3,10-15,17H2,1-2H3;1H. The predicted octanol–water partition coefficient (Wildman–Crippen LogP) is 4.17. The zero-order valence-corrected chi connectivity index (χ0v) is 20.6. The van der Waals surface area contributed by atoms with E-state index in [9.17, 15) is 4.79 Å². The Bertz CT molecular complexity index is 1040. The van der Waals surface area contributed by atoms with Crippen molar-refractivity contribution in [3.63, 3.8) is 0 Å². The van der Waals surface area contributed by atoms with E-state index in [2.05, 4.69) is 17.9 Å². The van der Waals surface area contributed by atoms with Crippen molar-refractivity contribution in [1.82, 2.24) is 9.88 Å². The number of amides is 1. The van der Waals surface area contributed by atoms with Crippen LogP contribution in [0.2, 0.25) is 0 Å². The molecule has 1 amide bonds. The highest BCUT2D eigenvalue weighted by molar-refractivity contribution is 7.22. The van der Waals surface area contributed by atoms with Crippen LogP contribution in [0.15, 0.2) is 42.5 Å². The molecule has 178 valence electrons. The van der Waals surface area contributed by atoms with Gasteiger partial charge in [-0.05, 0) is 55.3 Å². The van der Waals surface area contributed by atoms with E-state index in [1.54, 1.807) is 35.5 Å². The number of ether oxygens (including phenoxy) is 3. The van der Waals surface area contributed by atoms with Crippen LogP contribution in [0.1, 0.15) is 12.0 Å². The average Bonchev–Trinajstić information content (AvgIpc) is 3.24. The normalized spacial score (nSPS) is 14.0. The molecule has 4 rings (SSSR count). The summed E-state index contributed by atoms with van der Waals surface area (Å²) in [6.07, 6.45) is 0.864. The summed E-state index contributed by atoms with van der Waals surface area (Å²) in [6.45, 7) is 6.97. The summed E-state index contributed by atoms with van der Waals surface area (Å²) < 4.78 is 17.4. The molecule has 0 unspecified atom stereocenters. The number of nitrogens with zero attached hydrogens (tertiary/aromatic N) is 3. The molecule has 1 fully saturated rings. The summed E-state index contributed by atoms with van der Waals surface area (Å²) in [5, 5.41) is 0.718. The van der Waals surface area contributed by atoms with Crippen LogP contribution >= 0.6 is 23.7 Å². The molecule has 3 aromatic rings. The zero-order valence-electron chi connectivity index (χ0n) is 19.0. The first-order valence-corrected chi connectivity index (χ1v) is 11.7. The molecule has 0 bridgehead atoms. The Morgan fingerprint density at radius 2 is 1.88 bits per heavy atom. The molecule has 9 heteroatoms. The van der Waals surface area contributed by atoms with E-state index >= 15 is 0 Å². The smallest absolute Gasteiger partial charge is 0.266 e. The van der Waals surface area contributed by atoms with Crippen molar-refractivity contribution in [1.29, 1.82) is 0 Å². The first kappa shape index (κ1) is 25.2. The third kappa shape index (κ3) is 6.80. The van der Waals surface area contributed by atoms with Gasteiger partial charge in [-0.15, -0.1) is 12.4 Å². The Hall–Kier alpha value is -2.39. The molecular weight excluding hydrogens is 462 g/mol. The summed E-state index contributed by atoms with van der Waals surface area (Å²) in [7, 11) is 1.62. The van der Waals surface area contributed by atoms with Crippen LogP contribution in [0.4, 0.5) is 5.13 Å². The van der Waals surface area contributed by atoms with Crippen LogP contribution in [0, 0.1) is 6.92 Å². The summed E-state index contributed by atoms with van der Waals surface area (Å²) in [4.78, 5) is 22.1. The van der Waals surface area contributed by atoms with Gasteiger partial charge in [0.05, 0.1) is 30.5 Å². The molecule has 1 aliphatic heterocycles. The minimum Gasteiger partial charge on any atom is -0.497 e. The summed E-state index contributed by atoms with van der Waals surface area (Å²) in [5.41, 5.74) is 2.10. The van der Waals surface area contributed by atoms with Crippen LogP contribution in [0.3, 0.4) is 0 Å². The number of carbonyl (C=O) groups is 1. The monoisotopic (exact) mass is 491 g/mol. The fourth-order valence-electron chi connectivity index (χ4n) is 3.63. The minimum atomic E-state index is -0.0985. The van der Waals surface area contributed by atoms with Gasteiger partial charge < -0.3 is 14.2 Å². The molecule has 0 radical (unpaired) electrons. The second-order valence-electron chi connectivity index (χ2n) is 7.78. The molecule has 0 aliphatic carbocycles. The highest BCUT2D eigenvalue weighted by Crippen LogP contribution is 2.30. The van der Waals surface area contributed by atoms with Crippen LogP contribution in [0.25, 0.3) is 10.2 Å². The van der Waals surface area contributed by atoms with E-state index < -0.39 is 0 Å². The molecule has 2 aromatic carbocycles. The first-order valence-electron chi connectivity index (χ1n) is 10.9. The number of anilines is 1. The largest absolute Gasteiger partial charge is 0.497 e. The van der Waals surface area contributed by atoms with Crippen molar-refractivity contribution >= 4 is 45.0 Å². The highest BCUT2D eigenvalue weighted by atomic mass is 35.5. The number of hydrogen-bond donors (Lipinski definition) is 0. The number of aromatic nitrogens is 1. The van der Waals surface area contributed by atoms with Gasteiger partial charge in [0.25, 0.3) is 5.91 Å². The lowest BCUT2D eigenvalue weighted by atomic mass is 10.2. The maximum atomic E-state index is 13.2. The summed E-state index contributed by atoms with van der Waals surface area (Å²) in [5.74, 6) is 1.28. The van der Waals surface area contributed by atoms with Gasteiger partial charge in [0.15, 0.2) is 11.7 Å². The zero-order chi connectivity index (χ0) is 22.3. The summed E-state index contributed by atoms with van der Waals surface area (Å²) in [6, 6.07) is 13.4. The lowest BCUT2D eigenvalue weighted by molar-refractivity contribution is -0.120. The van der Waals surface area contributed by atoms with Crippen molar-refractivity contribution in [2.24, 2.45) is 0 Å². The number of aryl methyl sites for hydroxylation is 1. The fourth-order valence-corrected chi connectivity index (χ4v) is 4.74. The van der Waals surface area contributed by atoms with Crippen molar-refractivity contribution < 1.29 is 19.0 Å². The van der Waals surface area contributed by atoms with Gasteiger partial charge in [0, 0.05) is 26.2 Å². The van der Waals surface area contributed by atoms with Crippen LogP contribution < -0.4 is 14.4 Å². The van der Waals surface area contributed by atoms with Gasteiger partial charge in [0.1, 0.15) is 11.5 Å². The van der Waals surface area contributed by atoms with Gasteiger partial charge in [-0.1, -0.05) is 17.4 Å². The molecule has 1 aromatic heterocycles. The quantitative estimate of drug-likeness (QED) is 0.447. The molecule has 1 saturated heterocycles. The average molecular weight is 492 g/mol. The van der Waals surface area contributed by atoms with Crippen molar-refractivity contribution in [3.8, 4) is 11.5 Å². The topological polar surface area (TPSA) is 64.1 Å². The van der Waals surface area contributed by atoms with Crippen molar-refractivity contribution in [2.75, 3.05) is 58.0 Å². The van der Waals surface area contributed by atoms with Gasteiger partial charge in [-0.25, -0.2) is 4.98 Å². The molecule has 0 saturated carbocycles. The van der Waals surface area contributed by atoms with E-state index in [1.165, 1.54) is 5.56 Å². The molecule has 0 spiro atoms. The fraction of sp³-hybridized carbons (Fsp3) is 0.417. The highest BCUT2D eigenvalue weighted by Gasteiger charge is 2.21. The SMILES string of the molecule is COc1ccc(OCC(=O)N(CCCN2CCOCC2)c2nc3ccc(C)cc3s2)cc1.Cl. The van der Waals surface area contributed by atoms with E-state index in [0.717, 1.165) is 60.4 Å². The Morgan fingerprint density at radius 3 is 2.61 bits per heavy atom. The second kappa shape index (κ2) is 12.2. The molecule has 1 aliphatic rings. The molecule has 0 atom stereocenters. The lowest BCUT2D eigenvalue weighted by Crippen LogP contribution is -2.40. The Balaban J connectivity index is 0.00000306. The first-order chi connectivity index (χ1) is 15.6. The Kier molecular flexibility index (Phi) is 9.31. The molecule has 33 heavy (non-hydrogen) atoms.